The fourth-order valence-corrected chi connectivity index (χ4v) is 3.05. The molecule has 2 nitrogen and oxygen atoms in total. The molecule has 0 fully saturated rings. The Balaban J connectivity index is 1.76. The van der Waals surface area contributed by atoms with Crippen molar-refractivity contribution in [2.45, 2.75) is 58.5 Å². The van der Waals surface area contributed by atoms with Gasteiger partial charge in [-0.25, -0.2) is 0 Å². The maximum atomic E-state index is 5.85. The van der Waals surface area contributed by atoms with Crippen molar-refractivity contribution >= 4 is 16.8 Å². The standard InChI is InChI=1S/C25H34O2/c1-4-6-10-18-26-21(3)11-8-7-9-12-22-13-14-24-20-25(27-17-5-2)16-15-23(24)19-22/h5,9,12-16,19-21H,2,4,6-8,10-11,17-18H2,1,3H3/b12-9+. The van der Waals surface area contributed by atoms with E-state index in [4.69, 9.17) is 9.47 Å². The molecule has 0 heterocycles. The van der Waals surface area contributed by atoms with Crippen LogP contribution in [0.2, 0.25) is 0 Å². The lowest BCUT2D eigenvalue weighted by molar-refractivity contribution is 0.0566. The van der Waals surface area contributed by atoms with Crippen LogP contribution in [0.4, 0.5) is 0 Å². The van der Waals surface area contributed by atoms with Gasteiger partial charge in [0.2, 0.25) is 0 Å². The zero-order chi connectivity index (χ0) is 19.3. The minimum absolute atomic E-state index is 0.369. The Bertz CT molecular complexity index is 717. The molecule has 0 amide bonds. The summed E-state index contributed by atoms with van der Waals surface area (Å²) in [5.41, 5.74) is 1.24. The Kier molecular flexibility index (Phi) is 9.72. The van der Waals surface area contributed by atoms with Crippen molar-refractivity contribution in [1.29, 1.82) is 0 Å². The van der Waals surface area contributed by atoms with E-state index in [9.17, 15) is 0 Å². The second kappa shape index (κ2) is 12.3. The first-order valence-electron chi connectivity index (χ1n) is 10.3. The molecule has 0 bridgehead atoms. The third-order valence-corrected chi connectivity index (χ3v) is 4.65. The predicted molar refractivity (Wildman–Crippen MR) is 117 cm³/mol. The molecule has 1 unspecified atom stereocenters. The largest absolute Gasteiger partial charge is 0.490 e. The number of fused-ring (bicyclic) bond motifs is 1. The Hall–Kier alpha value is -2.06. The number of hydrogen-bond acceptors (Lipinski definition) is 2. The van der Waals surface area contributed by atoms with E-state index in [0.29, 0.717) is 12.7 Å². The first-order chi connectivity index (χ1) is 13.2. The lowest BCUT2D eigenvalue weighted by Crippen LogP contribution is -2.08. The monoisotopic (exact) mass is 366 g/mol. The highest BCUT2D eigenvalue weighted by atomic mass is 16.5. The Morgan fingerprint density at radius 2 is 1.85 bits per heavy atom. The molecule has 27 heavy (non-hydrogen) atoms. The molecule has 146 valence electrons. The Morgan fingerprint density at radius 3 is 2.67 bits per heavy atom. The number of hydrogen-bond donors (Lipinski definition) is 0. The summed E-state index contributed by atoms with van der Waals surface area (Å²) in [6.45, 7) is 9.53. The van der Waals surface area contributed by atoms with E-state index in [1.165, 1.54) is 42.0 Å². The van der Waals surface area contributed by atoms with Gasteiger partial charge < -0.3 is 9.47 Å². The van der Waals surface area contributed by atoms with Crippen LogP contribution in [-0.4, -0.2) is 19.3 Å². The minimum atomic E-state index is 0.369. The number of allylic oxidation sites excluding steroid dienone is 1. The van der Waals surface area contributed by atoms with Gasteiger partial charge in [-0.05, 0) is 67.1 Å². The maximum Gasteiger partial charge on any atom is 0.120 e. The van der Waals surface area contributed by atoms with Crippen LogP contribution in [0.25, 0.3) is 16.8 Å². The third-order valence-electron chi connectivity index (χ3n) is 4.65. The number of benzene rings is 2. The van der Waals surface area contributed by atoms with Gasteiger partial charge in [0.1, 0.15) is 12.4 Å². The van der Waals surface area contributed by atoms with Crippen LogP contribution in [0.3, 0.4) is 0 Å². The van der Waals surface area contributed by atoms with Gasteiger partial charge in [0.05, 0.1) is 6.10 Å². The molecule has 0 saturated heterocycles. The summed E-state index contributed by atoms with van der Waals surface area (Å²) in [6, 6.07) is 12.7. The van der Waals surface area contributed by atoms with Crippen LogP contribution < -0.4 is 4.74 Å². The average molecular weight is 367 g/mol. The van der Waals surface area contributed by atoms with E-state index in [-0.39, 0.29) is 0 Å². The summed E-state index contributed by atoms with van der Waals surface area (Å²) >= 11 is 0. The quantitative estimate of drug-likeness (QED) is 0.276. The second-order valence-electron chi connectivity index (χ2n) is 7.09. The van der Waals surface area contributed by atoms with E-state index < -0.39 is 0 Å². The van der Waals surface area contributed by atoms with Crippen LogP contribution in [0.15, 0.2) is 55.1 Å². The molecule has 0 spiro atoms. The number of unbranched alkanes of at least 4 members (excludes halogenated alkanes) is 3. The smallest absolute Gasteiger partial charge is 0.120 e. The summed E-state index contributed by atoms with van der Waals surface area (Å²) in [6.07, 6.45) is 13.7. The van der Waals surface area contributed by atoms with Crippen molar-refractivity contribution in [2.75, 3.05) is 13.2 Å². The highest BCUT2D eigenvalue weighted by Gasteiger charge is 2.01. The predicted octanol–water partition coefficient (Wildman–Crippen LogP) is 7.18. The van der Waals surface area contributed by atoms with Crippen LogP contribution in [0.5, 0.6) is 5.75 Å². The van der Waals surface area contributed by atoms with Crippen LogP contribution in [0, 0.1) is 0 Å². The zero-order valence-corrected chi connectivity index (χ0v) is 17.0. The van der Waals surface area contributed by atoms with Gasteiger partial charge in [-0.3, -0.25) is 0 Å². The van der Waals surface area contributed by atoms with E-state index in [1.807, 2.05) is 6.07 Å². The molecular weight excluding hydrogens is 332 g/mol. The highest BCUT2D eigenvalue weighted by molar-refractivity contribution is 5.86. The van der Waals surface area contributed by atoms with E-state index in [2.05, 4.69) is 62.9 Å². The average Bonchev–Trinajstić information content (AvgIpc) is 2.69. The van der Waals surface area contributed by atoms with E-state index in [0.717, 1.165) is 25.2 Å². The van der Waals surface area contributed by atoms with Gasteiger partial charge in [0, 0.05) is 6.61 Å². The van der Waals surface area contributed by atoms with Crippen LogP contribution in [0.1, 0.15) is 57.9 Å². The van der Waals surface area contributed by atoms with Crippen molar-refractivity contribution in [3.05, 3.63) is 60.7 Å². The Labute approximate surface area is 164 Å². The second-order valence-corrected chi connectivity index (χ2v) is 7.09. The first-order valence-corrected chi connectivity index (χ1v) is 10.3. The van der Waals surface area contributed by atoms with Crippen LogP contribution >= 0.6 is 0 Å². The molecule has 0 aliphatic heterocycles. The van der Waals surface area contributed by atoms with Crippen molar-refractivity contribution in [2.24, 2.45) is 0 Å². The fourth-order valence-electron chi connectivity index (χ4n) is 3.05. The van der Waals surface area contributed by atoms with Gasteiger partial charge in [-0.15, -0.1) is 0 Å². The molecule has 2 heteroatoms. The molecule has 0 aliphatic carbocycles. The number of ether oxygens (including phenoxy) is 2. The lowest BCUT2D eigenvalue weighted by atomic mass is 10.1. The van der Waals surface area contributed by atoms with Crippen molar-refractivity contribution < 1.29 is 9.47 Å². The van der Waals surface area contributed by atoms with Gasteiger partial charge >= 0.3 is 0 Å². The van der Waals surface area contributed by atoms with E-state index >= 15 is 0 Å². The molecule has 0 aliphatic rings. The fraction of sp³-hybridized carbons (Fsp3) is 0.440. The topological polar surface area (TPSA) is 18.5 Å². The summed E-state index contributed by atoms with van der Waals surface area (Å²) in [5, 5.41) is 2.43. The molecule has 0 N–H and O–H groups in total. The number of rotatable bonds is 13. The van der Waals surface area contributed by atoms with Crippen LogP contribution in [-0.2, 0) is 4.74 Å². The normalized spacial score (nSPS) is 12.5. The van der Waals surface area contributed by atoms with Gasteiger partial charge in [0.25, 0.3) is 0 Å². The van der Waals surface area contributed by atoms with Crippen molar-refractivity contribution in [3.8, 4) is 5.75 Å². The summed E-state index contributed by atoms with van der Waals surface area (Å²) in [5.74, 6) is 0.886. The minimum Gasteiger partial charge on any atom is -0.490 e. The third kappa shape index (κ3) is 8.01. The molecule has 0 aromatic heterocycles. The molecule has 0 saturated carbocycles. The maximum absolute atomic E-state index is 5.85. The SMILES string of the molecule is C=CCOc1ccc2cc(/C=C/CCCC(C)OCCCCC)ccc2c1. The molecule has 1 atom stereocenters. The molecule has 2 aromatic carbocycles. The molecular formula is C25H34O2. The summed E-state index contributed by atoms with van der Waals surface area (Å²) in [7, 11) is 0. The summed E-state index contributed by atoms with van der Waals surface area (Å²) in [4.78, 5) is 0. The molecule has 2 aromatic rings. The Morgan fingerprint density at radius 1 is 1.04 bits per heavy atom. The molecule has 0 radical (unpaired) electrons. The van der Waals surface area contributed by atoms with E-state index in [1.54, 1.807) is 6.08 Å². The van der Waals surface area contributed by atoms with Gasteiger partial charge in [0.15, 0.2) is 0 Å². The lowest BCUT2D eigenvalue weighted by Gasteiger charge is -2.12. The zero-order valence-electron chi connectivity index (χ0n) is 17.0. The van der Waals surface area contributed by atoms with Gasteiger partial charge in [-0.2, -0.15) is 0 Å². The summed E-state index contributed by atoms with van der Waals surface area (Å²) < 4.78 is 11.5. The molecule has 2 rings (SSSR count). The highest BCUT2D eigenvalue weighted by Crippen LogP contribution is 2.23. The van der Waals surface area contributed by atoms with Gasteiger partial charge in [-0.1, -0.05) is 62.8 Å². The van der Waals surface area contributed by atoms with Crippen molar-refractivity contribution in [1.82, 2.24) is 0 Å². The first kappa shape index (κ1) is 21.2. The van der Waals surface area contributed by atoms with Crippen molar-refractivity contribution in [3.63, 3.8) is 0 Å².